The highest BCUT2D eigenvalue weighted by Crippen LogP contribution is 2.09. The van der Waals surface area contributed by atoms with E-state index in [0.29, 0.717) is 19.0 Å². The molecule has 25 heavy (non-hydrogen) atoms. The summed E-state index contributed by atoms with van der Waals surface area (Å²) in [4.78, 5) is 27.4. The number of carbonyl (C=O) groups excluding carboxylic acids is 2. The van der Waals surface area contributed by atoms with E-state index in [1.807, 2.05) is 10.8 Å². The van der Waals surface area contributed by atoms with E-state index in [-0.39, 0.29) is 24.4 Å². The first-order valence-corrected chi connectivity index (χ1v) is 8.02. The number of amides is 2. The van der Waals surface area contributed by atoms with Gasteiger partial charge in [0, 0.05) is 44.5 Å². The van der Waals surface area contributed by atoms with Crippen molar-refractivity contribution >= 4 is 11.8 Å². The fourth-order valence-electron chi connectivity index (χ4n) is 2.22. The van der Waals surface area contributed by atoms with E-state index in [1.54, 1.807) is 12.5 Å². The second kappa shape index (κ2) is 9.51. The molecule has 0 aliphatic heterocycles. The van der Waals surface area contributed by atoms with E-state index in [0.717, 1.165) is 25.1 Å². The molecule has 0 radical (unpaired) electrons. The van der Waals surface area contributed by atoms with Gasteiger partial charge in [0.1, 0.15) is 11.6 Å². The van der Waals surface area contributed by atoms with Gasteiger partial charge in [-0.1, -0.05) is 0 Å². The molecule has 2 rings (SSSR count). The van der Waals surface area contributed by atoms with Crippen LogP contribution < -0.4 is 10.6 Å². The van der Waals surface area contributed by atoms with E-state index in [1.165, 1.54) is 0 Å². The number of imidazole rings is 1. The van der Waals surface area contributed by atoms with Crippen molar-refractivity contribution in [2.45, 2.75) is 25.8 Å². The number of aromatic nitrogens is 2. The molecular formula is C17H20F2N4O2. The average Bonchev–Trinajstić information content (AvgIpc) is 3.09. The van der Waals surface area contributed by atoms with Crippen molar-refractivity contribution in [2.75, 3.05) is 13.1 Å². The van der Waals surface area contributed by atoms with Crippen LogP contribution in [0.25, 0.3) is 0 Å². The molecule has 0 atom stereocenters. The van der Waals surface area contributed by atoms with E-state index in [2.05, 4.69) is 15.6 Å². The highest BCUT2D eigenvalue weighted by atomic mass is 19.1. The number of hydrogen-bond donors (Lipinski definition) is 2. The molecule has 1 aromatic heterocycles. The summed E-state index contributed by atoms with van der Waals surface area (Å²) in [6, 6.07) is 2.77. The molecule has 2 amide bonds. The van der Waals surface area contributed by atoms with Crippen LogP contribution in [0.1, 0.15) is 29.6 Å². The Morgan fingerprint density at radius 3 is 2.64 bits per heavy atom. The summed E-state index contributed by atoms with van der Waals surface area (Å²) in [5.41, 5.74) is -0.217. The van der Waals surface area contributed by atoms with Gasteiger partial charge in [0.2, 0.25) is 5.91 Å². The summed E-state index contributed by atoms with van der Waals surface area (Å²) in [6.07, 6.45) is 6.76. The number of benzene rings is 1. The normalized spacial score (nSPS) is 10.5. The number of aryl methyl sites for hydroxylation is 1. The minimum atomic E-state index is -0.909. The molecule has 0 aliphatic rings. The van der Waals surface area contributed by atoms with Crippen LogP contribution in [0.4, 0.5) is 8.78 Å². The molecule has 0 aliphatic carbocycles. The van der Waals surface area contributed by atoms with E-state index >= 15 is 0 Å². The summed E-state index contributed by atoms with van der Waals surface area (Å²) in [5, 5.41) is 5.30. The highest BCUT2D eigenvalue weighted by molar-refractivity contribution is 5.94. The quantitative estimate of drug-likeness (QED) is 0.678. The second-order valence-electron chi connectivity index (χ2n) is 5.49. The second-order valence-corrected chi connectivity index (χ2v) is 5.49. The molecule has 1 aromatic carbocycles. The molecule has 0 spiro atoms. The molecule has 0 saturated heterocycles. The largest absolute Gasteiger partial charge is 0.356 e. The first kappa shape index (κ1) is 18.6. The molecule has 2 aromatic rings. The summed E-state index contributed by atoms with van der Waals surface area (Å²) in [5.74, 6) is -2.38. The van der Waals surface area contributed by atoms with Crippen molar-refractivity contribution in [1.29, 1.82) is 0 Å². The number of carbonyl (C=O) groups is 2. The number of nitrogens with one attached hydrogen (secondary N) is 2. The Morgan fingerprint density at radius 1 is 1.12 bits per heavy atom. The maximum atomic E-state index is 13.4. The van der Waals surface area contributed by atoms with Gasteiger partial charge < -0.3 is 15.2 Å². The Kier molecular flexibility index (Phi) is 7.06. The lowest BCUT2D eigenvalue weighted by atomic mass is 10.2. The molecule has 0 bridgehead atoms. The minimum Gasteiger partial charge on any atom is -0.356 e. The Bertz CT molecular complexity index is 705. The van der Waals surface area contributed by atoms with Gasteiger partial charge in [-0.15, -0.1) is 0 Å². The molecule has 134 valence electrons. The third kappa shape index (κ3) is 6.33. The van der Waals surface area contributed by atoms with Gasteiger partial charge in [0.05, 0.1) is 11.9 Å². The van der Waals surface area contributed by atoms with Crippen LogP contribution in [-0.4, -0.2) is 34.5 Å². The zero-order valence-electron chi connectivity index (χ0n) is 13.7. The maximum Gasteiger partial charge on any atom is 0.254 e. The van der Waals surface area contributed by atoms with Crippen molar-refractivity contribution in [3.05, 3.63) is 54.1 Å². The van der Waals surface area contributed by atoms with Crippen molar-refractivity contribution in [2.24, 2.45) is 0 Å². The Hall–Kier alpha value is -2.77. The van der Waals surface area contributed by atoms with Gasteiger partial charge in [-0.25, -0.2) is 13.8 Å². The molecule has 1 heterocycles. The summed E-state index contributed by atoms with van der Waals surface area (Å²) < 4.78 is 28.2. The van der Waals surface area contributed by atoms with Gasteiger partial charge in [-0.05, 0) is 25.0 Å². The Balaban J connectivity index is 1.57. The smallest absolute Gasteiger partial charge is 0.254 e. The average molecular weight is 350 g/mol. The van der Waals surface area contributed by atoms with Gasteiger partial charge >= 0.3 is 0 Å². The fraction of sp³-hybridized carbons (Fsp3) is 0.353. The Morgan fingerprint density at radius 2 is 1.92 bits per heavy atom. The lowest BCUT2D eigenvalue weighted by Gasteiger charge is -2.07. The Labute approximate surface area is 144 Å². The van der Waals surface area contributed by atoms with Gasteiger partial charge in [0.15, 0.2) is 0 Å². The minimum absolute atomic E-state index is 0.104. The van der Waals surface area contributed by atoms with Crippen molar-refractivity contribution in [3.8, 4) is 0 Å². The number of halogens is 2. The third-order valence-electron chi connectivity index (χ3n) is 3.52. The molecule has 0 saturated carbocycles. The SMILES string of the molecule is O=C(CCCNC(=O)c1ccc(F)cc1F)NCCCn1ccnc1. The van der Waals surface area contributed by atoms with Crippen molar-refractivity contribution in [3.63, 3.8) is 0 Å². The topological polar surface area (TPSA) is 76.0 Å². The monoisotopic (exact) mass is 350 g/mol. The number of rotatable bonds is 9. The van der Waals surface area contributed by atoms with Crippen LogP contribution >= 0.6 is 0 Å². The van der Waals surface area contributed by atoms with Crippen LogP contribution in [0, 0.1) is 11.6 Å². The molecule has 0 fully saturated rings. The molecule has 8 heteroatoms. The zero-order valence-corrected chi connectivity index (χ0v) is 13.7. The zero-order chi connectivity index (χ0) is 18.1. The van der Waals surface area contributed by atoms with Gasteiger partial charge in [-0.2, -0.15) is 0 Å². The van der Waals surface area contributed by atoms with Crippen LogP contribution in [0.5, 0.6) is 0 Å². The van der Waals surface area contributed by atoms with E-state index in [9.17, 15) is 18.4 Å². The van der Waals surface area contributed by atoms with Crippen molar-refractivity contribution in [1.82, 2.24) is 20.2 Å². The summed E-state index contributed by atoms with van der Waals surface area (Å²) in [6.45, 7) is 1.57. The third-order valence-corrected chi connectivity index (χ3v) is 3.52. The molecule has 0 unspecified atom stereocenters. The van der Waals surface area contributed by atoms with Crippen LogP contribution in [0.15, 0.2) is 36.9 Å². The number of nitrogens with zero attached hydrogens (tertiary/aromatic N) is 2. The van der Waals surface area contributed by atoms with Crippen molar-refractivity contribution < 1.29 is 18.4 Å². The molecule has 2 N–H and O–H groups in total. The highest BCUT2D eigenvalue weighted by Gasteiger charge is 2.12. The summed E-state index contributed by atoms with van der Waals surface area (Å²) in [7, 11) is 0. The molecule has 6 nitrogen and oxygen atoms in total. The van der Waals surface area contributed by atoms with E-state index in [4.69, 9.17) is 0 Å². The van der Waals surface area contributed by atoms with Gasteiger partial charge in [0.25, 0.3) is 5.91 Å². The fourth-order valence-corrected chi connectivity index (χ4v) is 2.22. The summed E-state index contributed by atoms with van der Waals surface area (Å²) >= 11 is 0. The first-order valence-electron chi connectivity index (χ1n) is 8.02. The predicted octanol–water partition coefficient (Wildman–Crippen LogP) is 1.88. The maximum absolute atomic E-state index is 13.4. The van der Waals surface area contributed by atoms with Crippen LogP contribution in [-0.2, 0) is 11.3 Å². The lowest BCUT2D eigenvalue weighted by Crippen LogP contribution is -2.28. The number of hydrogen-bond acceptors (Lipinski definition) is 3. The first-order chi connectivity index (χ1) is 12.1. The van der Waals surface area contributed by atoms with Crippen LogP contribution in [0.2, 0.25) is 0 Å². The standard InChI is InChI=1S/C17H20F2N4O2/c18-13-4-5-14(15(19)11-13)17(25)22-6-1-3-16(24)21-7-2-9-23-10-8-20-12-23/h4-5,8,10-12H,1-3,6-7,9H2,(H,21,24)(H,22,25). The molecular weight excluding hydrogens is 330 g/mol. The predicted molar refractivity (Wildman–Crippen MR) is 87.8 cm³/mol. The van der Waals surface area contributed by atoms with E-state index < -0.39 is 17.5 Å². The van der Waals surface area contributed by atoms with Gasteiger partial charge in [-0.3, -0.25) is 9.59 Å². The lowest BCUT2D eigenvalue weighted by molar-refractivity contribution is -0.121. The van der Waals surface area contributed by atoms with Crippen LogP contribution in [0.3, 0.4) is 0 Å².